The van der Waals surface area contributed by atoms with Crippen LogP contribution in [-0.4, -0.2) is 32.9 Å². The van der Waals surface area contributed by atoms with Crippen LogP contribution < -0.4 is 22.1 Å². The number of methoxy groups -OCH3 is 1. The van der Waals surface area contributed by atoms with Crippen LogP contribution in [0.25, 0.3) is 11.3 Å². The highest BCUT2D eigenvalue weighted by Crippen LogP contribution is 2.34. The largest absolute Gasteiger partial charge is 0.469 e. The molecular formula is C25H31N5O2. The number of hydrogen-bond donors (Lipinski definition) is 4. The minimum absolute atomic E-state index is 0.0540. The highest BCUT2D eigenvalue weighted by atomic mass is 16.5. The molecule has 2 aromatic rings. The fourth-order valence-electron chi connectivity index (χ4n) is 3.86. The second-order valence-corrected chi connectivity index (χ2v) is 7.73. The number of nitrogens with two attached hydrogens (primary N) is 2. The topological polar surface area (TPSA) is 115 Å². The molecule has 1 atom stereocenters. The lowest BCUT2D eigenvalue weighted by atomic mass is 9.92. The average molecular weight is 434 g/mol. The molecule has 0 radical (unpaired) electrons. The molecule has 32 heavy (non-hydrogen) atoms. The van der Waals surface area contributed by atoms with Gasteiger partial charge in [-0.15, -0.1) is 0 Å². The first-order valence-corrected chi connectivity index (χ1v) is 10.6. The van der Waals surface area contributed by atoms with E-state index in [1.165, 1.54) is 7.11 Å². The van der Waals surface area contributed by atoms with Gasteiger partial charge in [0.15, 0.2) is 0 Å². The number of ether oxygens (including phenoxy) is 1. The van der Waals surface area contributed by atoms with E-state index in [1.807, 2.05) is 37.3 Å². The second-order valence-electron chi connectivity index (χ2n) is 7.73. The summed E-state index contributed by atoms with van der Waals surface area (Å²) in [7, 11) is 3.12. The van der Waals surface area contributed by atoms with E-state index in [9.17, 15) is 4.79 Å². The van der Waals surface area contributed by atoms with Crippen LogP contribution in [0.2, 0.25) is 0 Å². The summed E-state index contributed by atoms with van der Waals surface area (Å²) in [5.41, 5.74) is 19.7. The van der Waals surface area contributed by atoms with Crippen LogP contribution in [-0.2, 0) is 16.0 Å². The van der Waals surface area contributed by atoms with Crippen molar-refractivity contribution in [2.45, 2.75) is 25.8 Å². The Balaban J connectivity index is 1.97. The van der Waals surface area contributed by atoms with Gasteiger partial charge in [-0.3, -0.25) is 9.79 Å². The van der Waals surface area contributed by atoms with E-state index in [2.05, 4.69) is 27.8 Å². The van der Waals surface area contributed by atoms with Crippen LogP contribution in [0.1, 0.15) is 41.6 Å². The summed E-state index contributed by atoms with van der Waals surface area (Å²) in [5.74, 6) is -0.252. The zero-order valence-electron chi connectivity index (χ0n) is 18.8. The molecule has 0 bridgehead atoms. The summed E-state index contributed by atoms with van der Waals surface area (Å²) in [6, 6.07) is 14.2. The normalized spacial score (nSPS) is 17.8. The van der Waals surface area contributed by atoms with Crippen molar-refractivity contribution in [3.05, 3.63) is 76.6 Å². The maximum absolute atomic E-state index is 11.5. The van der Waals surface area contributed by atoms with E-state index >= 15 is 0 Å². The van der Waals surface area contributed by atoms with Gasteiger partial charge in [-0.1, -0.05) is 24.3 Å². The molecule has 0 fully saturated rings. The van der Waals surface area contributed by atoms with Crippen molar-refractivity contribution in [3.8, 4) is 0 Å². The Morgan fingerprint density at radius 2 is 2.03 bits per heavy atom. The molecule has 0 aliphatic carbocycles. The van der Waals surface area contributed by atoms with Crippen molar-refractivity contribution in [1.29, 1.82) is 0 Å². The molecule has 168 valence electrons. The van der Waals surface area contributed by atoms with Crippen molar-refractivity contribution in [2.24, 2.45) is 16.5 Å². The minimum atomic E-state index is -0.252. The van der Waals surface area contributed by atoms with E-state index < -0.39 is 0 Å². The summed E-state index contributed by atoms with van der Waals surface area (Å²) >= 11 is 0. The number of carbonyl (C=O) groups excluding carboxylic acids is 1. The van der Waals surface area contributed by atoms with Gasteiger partial charge < -0.3 is 26.8 Å². The van der Waals surface area contributed by atoms with Crippen molar-refractivity contribution >= 4 is 29.1 Å². The number of nitrogens with one attached hydrogen (secondary N) is 2. The van der Waals surface area contributed by atoms with Crippen LogP contribution in [0.15, 0.2) is 59.4 Å². The first-order chi connectivity index (χ1) is 15.5. The first kappa shape index (κ1) is 22.9. The van der Waals surface area contributed by atoms with Gasteiger partial charge in [-0.05, 0) is 48.2 Å². The first-order valence-electron chi connectivity index (χ1n) is 10.6. The molecular weight excluding hydrogens is 402 g/mol. The Morgan fingerprint density at radius 1 is 1.28 bits per heavy atom. The molecule has 0 saturated heterocycles. The fraction of sp³-hybridized carbons (Fsp3) is 0.280. The molecule has 1 aliphatic heterocycles. The van der Waals surface area contributed by atoms with Crippen molar-refractivity contribution in [3.63, 3.8) is 0 Å². The lowest BCUT2D eigenvalue weighted by Gasteiger charge is -2.22. The Morgan fingerprint density at radius 3 is 2.66 bits per heavy atom. The van der Waals surface area contributed by atoms with Gasteiger partial charge in [-0.25, -0.2) is 0 Å². The molecule has 2 aromatic carbocycles. The summed E-state index contributed by atoms with van der Waals surface area (Å²) in [6.07, 6.45) is 4.44. The number of rotatable bonds is 6. The number of aliphatic imine (C=N–C) groups is 1. The summed E-state index contributed by atoms with van der Waals surface area (Å²) in [4.78, 5) is 15.6. The quantitative estimate of drug-likeness (QED) is 0.411. The van der Waals surface area contributed by atoms with Gasteiger partial charge in [0.25, 0.3) is 0 Å². The van der Waals surface area contributed by atoms with Gasteiger partial charge in [0.2, 0.25) is 0 Å². The Bertz CT molecular complexity index is 1050. The number of allylic oxidation sites excluding steroid dienone is 2. The van der Waals surface area contributed by atoms with Gasteiger partial charge in [-0.2, -0.15) is 0 Å². The third-order valence-electron chi connectivity index (χ3n) is 5.48. The highest BCUT2D eigenvalue weighted by Gasteiger charge is 2.23. The summed E-state index contributed by atoms with van der Waals surface area (Å²) in [6.45, 7) is 2.69. The molecule has 0 spiro atoms. The zero-order chi connectivity index (χ0) is 23.1. The lowest BCUT2D eigenvalue weighted by molar-refractivity contribution is -0.139. The van der Waals surface area contributed by atoms with Crippen LogP contribution in [0.3, 0.4) is 0 Å². The summed E-state index contributed by atoms with van der Waals surface area (Å²) < 4.78 is 4.75. The summed E-state index contributed by atoms with van der Waals surface area (Å²) in [5, 5.41) is 7.12. The molecule has 1 aliphatic rings. The Labute approximate surface area is 189 Å². The third-order valence-corrected chi connectivity index (χ3v) is 5.48. The molecule has 1 heterocycles. The molecule has 7 heteroatoms. The molecule has 1 unspecified atom stereocenters. The van der Waals surface area contributed by atoms with Gasteiger partial charge >= 0.3 is 5.97 Å². The molecule has 0 aromatic heterocycles. The van der Waals surface area contributed by atoms with Crippen LogP contribution in [0.4, 0.5) is 5.69 Å². The minimum Gasteiger partial charge on any atom is -0.469 e. The number of hydrogen-bond acceptors (Lipinski definition) is 7. The number of esters is 1. The number of benzene rings is 2. The number of fused-ring (bicyclic) bond motifs is 1. The Hall–Kier alpha value is -3.74. The molecule has 7 nitrogen and oxygen atoms in total. The number of nitrogens with zero attached hydrogens (tertiary/aromatic N) is 1. The van der Waals surface area contributed by atoms with Crippen LogP contribution in [0.5, 0.6) is 0 Å². The maximum Gasteiger partial charge on any atom is 0.309 e. The molecule has 0 saturated carbocycles. The zero-order valence-corrected chi connectivity index (χ0v) is 18.8. The van der Waals surface area contributed by atoms with Crippen molar-refractivity contribution in [2.75, 3.05) is 26.0 Å². The van der Waals surface area contributed by atoms with E-state index in [0.717, 1.165) is 57.9 Å². The highest BCUT2D eigenvalue weighted by molar-refractivity contribution is 6.09. The van der Waals surface area contributed by atoms with Crippen LogP contribution in [0, 0.1) is 0 Å². The second kappa shape index (κ2) is 10.5. The molecule has 3 rings (SSSR count). The van der Waals surface area contributed by atoms with Crippen molar-refractivity contribution in [1.82, 2.24) is 5.32 Å². The lowest BCUT2D eigenvalue weighted by Crippen LogP contribution is -2.16. The number of anilines is 1. The number of carbonyl (C=O) groups is 1. The van der Waals surface area contributed by atoms with E-state index in [-0.39, 0.29) is 18.4 Å². The SMILES string of the molecule is CN=CC(=CN)c1ccc2c(c1)C(Nc1ccc(CC(=O)OC)cc1)CCN/C2=C(/C)N. The van der Waals surface area contributed by atoms with Gasteiger partial charge in [0.1, 0.15) is 0 Å². The smallest absolute Gasteiger partial charge is 0.309 e. The monoisotopic (exact) mass is 433 g/mol. The van der Waals surface area contributed by atoms with E-state index in [0.29, 0.717) is 0 Å². The van der Waals surface area contributed by atoms with E-state index in [4.69, 9.17) is 16.2 Å². The van der Waals surface area contributed by atoms with E-state index in [1.54, 1.807) is 19.5 Å². The third kappa shape index (κ3) is 5.29. The Kier molecular flexibility index (Phi) is 7.54. The van der Waals surface area contributed by atoms with Gasteiger partial charge in [0.05, 0.1) is 25.3 Å². The standard InChI is InChI=1S/C25H31N5O2/c1-16(27)25-21-9-6-18(19(14-26)15-28-2)13-22(21)23(10-11-29-25)30-20-7-4-17(5-8-20)12-24(31)32-3/h4-9,13-15,23,29-30H,10-12,26-27H2,1-3H3/b19-14?,25-16-,28-15?. The predicted molar refractivity (Wildman–Crippen MR) is 131 cm³/mol. The van der Waals surface area contributed by atoms with Crippen LogP contribution >= 0.6 is 0 Å². The maximum atomic E-state index is 11.5. The molecule has 0 amide bonds. The molecule has 6 N–H and O–H groups in total. The van der Waals surface area contributed by atoms with Crippen molar-refractivity contribution < 1.29 is 9.53 Å². The average Bonchev–Trinajstić information content (AvgIpc) is 2.97. The predicted octanol–water partition coefficient (Wildman–Crippen LogP) is 3.20. The van der Waals surface area contributed by atoms with Gasteiger partial charge in [0, 0.05) is 48.5 Å². The fourth-order valence-corrected chi connectivity index (χ4v) is 3.86.